The van der Waals surface area contributed by atoms with Crippen molar-refractivity contribution in [1.29, 1.82) is 0 Å². The van der Waals surface area contributed by atoms with Gasteiger partial charge in [0.15, 0.2) is 0 Å². The van der Waals surface area contributed by atoms with Crippen molar-refractivity contribution in [1.82, 2.24) is 15.1 Å². The maximum Gasteiger partial charge on any atom is 0.0644 e. The van der Waals surface area contributed by atoms with Crippen molar-refractivity contribution in [2.45, 2.75) is 54.5 Å². The molecule has 0 spiro atoms. The standard InChI is InChI=1S/C16H31N3/c1-10(2)15(11(3)4)9-17-12(5)16-13(6)18-19(8)14(16)7/h10-12,15,17H,9H2,1-8H3. The molecule has 3 nitrogen and oxygen atoms in total. The van der Waals surface area contributed by atoms with Crippen LogP contribution in [0.25, 0.3) is 0 Å². The second kappa shape index (κ2) is 6.56. The molecular weight excluding hydrogens is 234 g/mol. The topological polar surface area (TPSA) is 29.9 Å². The smallest absolute Gasteiger partial charge is 0.0644 e. The van der Waals surface area contributed by atoms with E-state index >= 15 is 0 Å². The van der Waals surface area contributed by atoms with E-state index in [2.05, 4.69) is 58.9 Å². The lowest BCUT2D eigenvalue weighted by Gasteiger charge is -2.27. The Hall–Kier alpha value is -0.830. The predicted molar refractivity (Wildman–Crippen MR) is 82.3 cm³/mol. The minimum atomic E-state index is 0.369. The van der Waals surface area contributed by atoms with Crippen LogP contribution >= 0.6 is 0 Å². The predicted octanol–water partition coefficient (Wildman–Crippen LogP) is 3.62. The summed E-state index contributed by atoms with van der Waals surface area (Å²) in [6.07, 6.45) is 0. The van der Waals surface area contributed by atoms with Crippen LogP contribution in [0.4, 0.5) is 0 Å². The molecule has 0 fully saturated rings. The van der Waals surface area contributed by atoms with Crippen molar-refractivity contribution in [3.05, 3.63) is 17.0 Å². The Morgan fingerprint density at radius 3 is 1.95 bits per heavy atom. The van der Waals surface area contributed by atoms with Crippen LogP contribution in [0.15, 0.2) is 0 Å². The van der Waals surface area contributed by atoms with Crippen LogP contribution < -0.4 is 5.32 Å². The third kappa shape index (κ3) is 3.82. The van der Waals surface area contributed by atoms with Crippen molar-refractivity contribution in [3.8, 4) is 0 Å². The lowest BCUT2D eigenvalue weighted by Crippen LogP contribution is -2.31. The average molecular weight is 265 g/mol. The molecule has 1 unspecified atom stereocenters. The van der Waals surface area contributed by atoms with E-state index in [1.54, 1.807) is 0 Å². The van der Waals surface area contributed by atoms with Crippen LogP contribution in [0.3, 0.4) is 0 Å². The van der Waals surface area contributed by atoms with Crippen molar-refractivity contribution >= 4 is 0 Å². The molecule has 19 heavy (non-hydrogen) atoms. The van der Waals surface area contributed by atoms with Crippen molar-refractivity contribution in [2.24, 2.45) is 24.8 Å². The normalized spacial score (nSPS) is 13.8. The highest BCUT2D eigenvalue weighted by atomic mass is 15.3. The zero-order valence-electron chi connectivity index (χ0n) is 13.9. The second-order valence-electron chi connectivity index (χ2n) is 6.49. The van der Waals surface area contributed by atoms with Crippen LogP contribution in [-0.4, -0.2) is 16.3 Å². The molecule has 0 saturated heterocycles. The van der Waals surface area contributed by atoms with Gasteiger partial charge in [0, 0.05) is 24.3 Å². The van der Waals surface area contributed by atoms with Gasteiger partial charge in [-0.2, -0.15) is 5.10 Å². The molecule has 0 radical (unpaired) electrons. The number of nitrogens with one attached hydrogen (secondary N) is 1. The van der Waals surface area contributed by atoms with Crippen molar-refractivity contribution in [2.75, 3.05) is 6.54 Å². The molecule has 1 rings (SSSR count). The van der Waals surface area contributed by atoms with E-state index < -0.39 is 0 Å². The number of aryl methyl sites for hydroxylation is 2. The van der Waals surface area contributed by atoms with Gasteiger partial charge in [-0.3, -0.25) is 4.68 Å². The van der Waals surface area contributed by atoms with Gasteiger partial charge in [-0.05, 0) is 45.1 Å². The average Bonchev–Trinajstić information content (AvgIpc) is 2.52. The number of rotatable bonds is 6. The molecule has 0 saturated carbocycles. The Bertz CT molecular complexity index is 396. The summed E-state index contributed by atoms with van der Waals surface area (Å²) in [5.74, 6) is 2.16. The van der Waals surface area contributed by atoms with Gasteiger partial charge in [-0.25, -0.2) is 0 Å². The van der Waals surface area contributed by atoms with Gasteiger partial charge < -0.3 is 5.32 Å². The lowest BCUT2D eigenvalue weighted by atomic mass is 9.85. The van der Waals surface area contributed by atoms with Crippen molar-refractivity contribution < 1.29 is 0 Å². The van der Waals surface area contributed by atoms with E-state index in [9.17, 15) is 0 Å². The van der Waals surface area contributed by atoms with E-state index in [4.69, 9.17) is 0 Å². The van der Waals surface area contributed by atoms with Gasteiger partial charge in [0.05, 0.1) is 5.69 Å². The number of hydrogen-bond donors (Lipinski definition) is 1. The van der Waals surface area contributed by atoms with E-state index in [0.717, 1.165) is 30.0 Å². The maximum absolute atomic E-state index is 4.51. The van der Waals surface area contributed by atoms with Crippen LogP contribution in [0.1, 0.15) is 57.6 Å². The summed E-state index contributed by atoms with van der Waals surface area (Å²) >= 11 is 0. The van der Waals surface area contributed by atoms with Gasteiger partial charge in [-0.1, -0.05) is 27.7 Å². The maximum atomic E-state index is 4.51. The molecule has 1 N–H and O–H groups in total. The number of nitrogens with zero attached hydrogens (tertiary/aromatic N) is 2. The van der Waals surface area contributed by atoms with Gasteiger partial charge >= 0.3 is 0 Å². The molecule has 1 heterocycles. The molecule has 0 bridgehead atoms. The van der Waals surface area contributed by atoms with Crippen molar-refractivity contribution in [3.63, 3.8) is 0 Å². The Morgan fingerprint density at radius 2 is 1.58 bits per heavy atom. The molecule has 1 aromatic rings. The van der Waals surface area contributed by atoms with E-state index in [1.165, 1.54) is 11.3 Å². The summed E-state index contributed by atoms with van der Waals surface area (Å²) in [5, 5.41) is 8.21. The van der Waals surface area contributed by atoms with Gasteiger partial charge in [-0.15, -0.1) is 0 Å². The first-order valence-corrected chi connectivity index (χ1v) is 7.49. The molecule has 3 heteroatoms. The fourth-order valence-corrected chi connectivity index (χ4v) is 3.07. The summed E-state index contributed by atoms with van der Waals surface area (Å²) in [4.78, 5) is 0. The van der Waals surface area contributed by atoms with Crippen LogP contribution in [-0.2, 0) is 7.05 Å². The minimum absolute atomic E-state index is 0.369. The summed E-state index contributed by atoms with van der Waals surface area (Å²) in [6, 6.07) is 0.369. The molecule has 1 atom stereocenters. The zero-order valence-corrected chi connectivity index (χ0v) is 13.9. The summed E-state index contributed by atoms with van der Waals surface area (Å²) in [5.41, 5.74) is 3.77. The molecular formula is C16H31N3. The lowest BCUT2D eigenvalue weighted by molar-refractivity contribution is 0.268. The summed E-state index contributed by atoms with van der Waals surface area (Å²) < 4.78 is 1.98. The third-order valence-electron chi connectivity index (χ3n) is 4.37. The molecule has 0 aliphatic rings. The summed E-state index contributed by atoms with van der Waals surface area (Å²) in [7, 11) is 2.02. The highest BCUT2D eigenvalue weighted by molar-refractivity contribution is 5.27. The molecule has 0 aromatic carbocycles. The highest BCUT2D eigenvalue weighted by Crippen LogP contribution is 2.23. The minimum Gasteiger partial charge on any atom is -0.310 e. The van der Waals surface area contributed by atoms with Gasteiger partial charge in [0.2, 0.25) is 0 Å². The molecule has 0 aliphatic heterocycles. The van der Waals surface area contributed by atoms with Crippen LogP contribution in [0, 0.1) is 31.6 Å². The molecule has 1 aromatic heterocycles. The Morgan fingerprint density at radius 1 is 1.05 bits per heavy atom. The highest BCUT2D eigenvalue weighted by Gasteiger charge is 2.20. The van der Waals surface area contributed by atoms with Gasteiger partial charge in [0.1, 0.15) is 0 Å². The molecule has 110 valence electrons. The number of aromatic nitrogens is 2. The Labute approximate surface area is 118 Å². The quantitative estimate of drug-likeness (QED) is 0.851. The summed E-state index contributed by atoms with van der Waals surface area (Å²) in [6.45, 7) is 16.8. The third-order valence-corrected chi connectivity index (χ3v) is 4.37. The van der Waals surface area contributed by atoms with E-state index in [0.29, 0.717) is 6.04 Å². The van der Waals surface area contributed by atoms with E-state index in [-0.39, 0.29) is 0 Å². The Kier molecular flexibility index (Phi) is 5.60. The van der Waals surface area contributed by atoms with E-state index in [1.807, 2.05) is 11.7 Å². The fraction of sp³-hybridized carbons (Fsp3) is 0.812. The zero-order chi connectivity index (χ0) is 14.7. The number of hydrogen-bond acceptors (Lipinski definition) is 2. The largest absolute Gasteiger partial charge is 0.310 e. The first-order valence-electron chi connectivity index (χ1n) is 7.49. The molecule has 0 amide bonds. The van der Waals surface area contributed by atoms with Crippen LogP contribution in [0.5, 0.6) is 0 Å². The fourth-order valence-electron chi connectivity index (χ4n) is 3.07. The first-order chi connectivity index (χ1) is 8.75. The second-order valence-corrected chi connectivity index (χ2v) is 6.49. The van der Waals surface area contributed by atoms with Crippen LogP contribution in [0.2, 0.25) is 0 Å². The SMILES string of the molecule is Cc1nn(C)c(C)c1C(C)NCC(C(C)C)C(C)C. The first kappa shape index (κ1) is 16.2. The Balaban J connectivity index is 2.72. The van der Waals surface area contributed by atoms with Gasteiger partial charge in [0.25, 0.3) is 0 Å². The molecule has 0 aliphatic carbocycles. The monoisotopic (exact) mass is 265 g/mol.